The number of nitrogens with one attached hydrogen (secondary N) is 1. The second-order valence-electron chi connectivity index (χ2n) is 4.51. The highest BCUT2D eigenvalue weighted by Crippen LogP contribution is 2.19. The van der Waals surface area contributed by atoms with Crippen molar-refractivity contribution in [1.29, 1.82) is 0 Å². The van der Waals surface area contributed by atoms with E-state index in [1.54, 1.807) is 12.1 Å². The van der Waals surface area contributed by atoms with E-state index in [-0.39, 0.29) is 5.91 Å². The minimum absolute atomic E-state index is 0.00617. The van der Waals surface area contributed by atoms with E-state index in [1.165, 1.54) is 0 Å². The smallest absolute Gasteiger partial charge is 0.223 e. The molecule has 5 heteroatoms. The Bertz CT molecular complexity index is 406. The van der Waals surface area contributed by atoms with Crippen molar-refractivity contribution >= 4 is 11.6 Å². The van der Waals surface area contributed by atoms with Crippen LogP contribution in [-0.2, 0) is 4.79 Å². The zero-order valence-corrected chi connectivity index (χ0v) is 12.4. The molecule has 0 atom stereocenters. The lowest BCUT2D eigenvalue weighted by molar-refractivity contribution is -0.121. The molecule has 5 nitrogen and oxygen atoms in total. The molecule has 0 aromatic heterocycles. The van der Waals surface area contributed by atoms with Crippen molar-refractivity contribution in [3.63, 3.8) is 0 Å². The van der Waals surface area contributed by atoms with E-state index < -0.39 is 0 Å². The molecule has 0 spiro atoms. The van der Waals surface area contributed by atoms with E-state index in [1.807, 2.05) is 12.1 Å². The molecule has 0 aliphatic heterocycles. The standard InChI is InChI=1S/C15H25N3O2/c1-3-18(4-2)11-10-17-15(19)9-12-20-14-8-6-5-7-13(14)16/h5-8H,3-4,9-12,16H2,1-2H3,(H,17,19). The summed E-state index contributed by atoms with van der Waals surface area (Å²) in [6.45, 7) is 8.13. The highest BCUT2D eigenvalue weighted by molar-refractivity contribution is 5.76. The second kappa shape index (κ2) is 9.20. The monoisotopic (exact) mass is 279 g/mol. The zero-order chi connectivity index (χ0) is 14.8. The van der Waals surface area contributed by atoms with Crippen molar-refractivity contribution in [3.8, 4) is 5.75 Å². The van der Waals surface area contributed by atoms with Gasteiger partial charge in [-0.3, -0.25) is 4.79 Å². The van der Waals surface area contributed by atoms with Gasteiger partial charge in [-0.2, -0.15) is 0 Å². The van der Waals surface area contributed by atoms with Crippen LogP contribution in [0.25, 0.3) is 0 Å². The summed E-state index contributed by atoms with van der Waals surface area (Å²) in [5.41, 5.74) is 6.34. The molecule has 1 aromatic carbocycles. The Morgan fingerprint density at radius 3 is 2.65 bits per heavy atom. The SMILES string of the molecule is CCN(CC)CCNC(=O)CCOc1ccccc1N. The lowest BCUT2D eigenvalue weighted by Crippen LogP contribution is -2.35. The first-order valence-electron chi connectivity index (χ1n) is 7.13. The molecule has 1 rings (SSSR count). The lowest BCUT2D eigenvalue weighted by atomic mass is 10.3. The Morgan fingerprint density at radius 2 is 2.00 bits per heavy atom. The number of para-hydroxylation sites is 2. The number of carbonyl (C=O) groups excluding carboxylic acids is 1. The number of amides is 1. The molecular weight excluding hydrogens is 254 g/mol. The molecule has 1 amide bonds. The van der Waals surface area contributed by atoms with Crippen LogP contribution in [0.3, 0.4) is 0 Å². The summed E-state index contributed by atoms with van der Waals surface area (Å²) < 4.78 is 5.48. The molecular formula is C15H25N3O2. The first-order valence-corrected chi connectivity index (χ1v) is 7.13. The van der Waals surface area contributed by atoms with Gasteiger partial charge in [-0.05, 0) is 25.2 Å². The molecule has 0 saturated heterocycles. The van der Waals surface area contributed by atoms with Gasteiger partial charge in [0, 0.05) is 13.1 Å². The van der Waals surface area contributed by atoms with E-state index in [4.69, 9.17) is 10.5 Å². The van der Waals surface area contributed by atoms with Gasteiger partial charge in [-0.25, -0.2) is 0 Å². The normalized spacial score (nSPS) is 10.6. The summed E-state index contributed by atoms with van der Waals surface area (Å²) in [5, 5.41) is 2.89. The number of nitrogens with two attached hydrogens (primary N) is 1. The Balaban J connectivity index is 2.16. The molecule has 0 heterocycles. The summed E-state index contributed by atoms with van der Waals surface area (Å²) in [6.07, 6.45) is 0.340. The van der Waals surface area contributed by atoms with Crippen molar-refractivity contribution in [2.45, 2.75) is 20.3 Å². The average Bonchev–Trinajstić information content (AvgIpc) is 2.46. The van der Waals surface area contributed by atoms with Crippen molar-refractivity contribution in [2.24, 2.45) is 0 Å². The Morgan fingerprint density at radius 1 is 1.30 bits per heavy atom. The van der Waals surface area contributed by atoms with Crippen molar-refractivity contribution in [1.82, 2.24) is 10.2 Å². The number of rotatable bonds is 9. The predicted molar refractivity (Wildman–Crippen MR) is 81.8 cm³/mol. The maximum Gasteiger partial charge on any atom is 0.223 e. The van der Waals surface area contributed by atoms with Gasteiger partial charge >= 0.3 is 0 Å². The number of likely N-dealkylation sites (N-methyl/N-ethyl adjacent to an activating group) is 1. The Kier molecular flexibility index (Phi) is 7.50. The third-order valence-corrected chi connectivity index (χ3v) is 3.15. The van der Waals surface area contributed by atoms with Crippen LogP contribution in [-0.4, -0.2) is 43.6 Å². The largest absolute Gasteiger partial charge is 0.491 e. The molecule has 0 unspecified atom stereocenters. The predicted octanol–water partition coefficient (Wildman–Crippen LogP) is 1.50. The van der Waals surface area contributed by atoms with E-state index in [2.05, 4.69) is 24.1 Å². The number of anilines is 1. The lowest BCUT2D eigenvalue weighted by Gasteiger charge is -2.18. The summed E-state index contributed by atoms with van der Waals surface area (Å²) in [5.74, 6) is 0.634. The van der Waals surface area contributed by atoms with E-state index in [0.717, 1.165) is 19.6 Å². The molecule has 0 fully saturated rings. The van der Waals surface area contributed by atoms with Gasteiger partial charge in [0.2, 0.25) is 5.91 Å². The van der Waals surface area contributed by atoms with Crippen molar-refractivity contribution in [2.75, 3.05) is 38.5 Å². The fraction of sp³-hybridized carbons (Fsp3) is 0.533. The van der Waals surface area contributed by atoms with Crippen LogP contribution in [0.2, 0.25) is 0 Å². The van der Waals surface area contributed by atoms with Gasteiger partial charge < -0.3 is 20.7 Å². The Hall–Kier alpha value is -1.75. The number of hydrogen-bond donors (Lipinski definition) is 2. The molecule has 0 aliphatic carbocycles. The Labute approximate surface area is 121 Å². The van der Waals surface area contributed by atoms with Gasteiger partial charge in [0.25, 0.3) is 0 Å². The molecule has 0 bridgehead atoms. The number of nitrogens with zero attached hydrogens (tertiary/aromatic N) is 1. The van der Waals surface area contributed by atoms with Crippen LogP contribution in [0.1, 0.15) is 20.3 Å². The van der Waals surface area contributed by atoms with Crippen LogP contribution < -0.4 is 15.8 Å². The fourth-order valence-corrected chi connectivity index (χ4v) is 1.85. The molecule has 0 saturated carbocycles. The summed E-state index contributed by atoms with van der Waals surface area (Å²) in [4.78, 5) is 13.9. The number of ether oxygens (including phenoxy) is 1. The molecule has 20 heavy (non-hydrogen) atoms. The van der Waals surface area contributed by atoms with E-state index in [0.29, 0.717) is 31.0 Å². The maximum atomic E-state index is 11.6. The third-order valence-electron chi connectivity index (χ3n) is 3.15. The first kappa shape index (κ1) is 16.3. The number of carbonyl (C=O) groups is 1. The number of nitrogen functional groups attached to an aromatic ring is 1. The average molecular weight is 279 g/mol. The van der Waals surface area contributed by atoms with Crippen molar-refractivity contribution in [3.05, 3.63) is 24.3 Å². The van der Waals surface area contributed by atoms with Crippen molar-refractivity contribution < 1.29 is 9.53 Å². The minimum Gasteiger partial charge on any atom is -0.491 e. The first-order chi connectivity index (χ1) is 9.67. The summed E-state index contributed by atoms with van der Waals surface area (Å²) in [6, 6.07) is 7.28. The second-order valence-corrected chi connectivity index (χ2v) is 4.51. The van der Waals surface area contributed by atoms with Crippen LogP contribution in [0, 0.1) is 0 Å². The molecule has 112 valence electrons. The summed E-state index contributed by atoms with van der Waals surface area (Å²) >= 11 is 0. The molecule has 0 radical (unpaired) electrons. The number of hydrogen-bond acceptors (Lipinski definition) is 4. The van der Waals surface area contributed by atoms with Crippen LogP contribution in [0.15, 0.2) is 24.3 Å². The summed E-state index contributed by atoms with van der Waals surface area (Å²) in [7, 11) is 0. The zero-order valence-electron chi connectivity index (χ0n) is 12.4. The van der Waals surface area contributed by atoms with Crippen LogP contribution in [0.4, 0.5) is 5.69 Å². The van der Waals surface area contributed by atoms with Crippen LogP contribution >= 0.6 is 0 Å². The van der Waals surface area contributed by atoms with Gasteiger partial charge in [0.1, 0.15) is 5.75 Å². The van der Waals surface area contributed by atoms with Gasteiger partial charge in [0.15, 0.2) is 0 Å². The van der Waals surface area contributed by atoms with Gasteiger partial charge in [-0.15, -0.1) is 0 Å². The van der Waals surface area contributed by atoms with Crippen LogP contribution in [0.5, 0.6) is 5.75 Å². The van der Waals surface area contributed by atoms with Gasteiger partial charge in [0.05, 0.1) is 18.7 Å². The van der Waals surface area contributed by atoms with E-state index in [9.17, 15) is 4.79 Å². The topological polar surface area (TPSA) is 67.6 Å². The highest BCUT2D eigenvalue weighted by Gasteiger charge is 2.04. The molecule has 1 aromatic rings. The minimum atomic E-state index is 0.00617. The third kappa shape index (κ3) is 5.93. The van der Waals surface area contributed by atoms with Gasteiger partial charge in [-0.1, -0.05) is 26.0 Å². The fourth-order valence-electron chi connectivity index (χ4n) is 1.85. The highest BCUT2D eigenvalue weighted by atomic mass is 16.5. The molecule has 0 aliphatic rings. The molecule has 3 N–H and O–H groups in total. The maximum absolute atomic E-state index is 11.6. The quantitative estimate of drug-likeness (QED) is 0.672. The van der Waals surface area contributed by atoms with E-state index >= 15 is 0 Å². The number of benzene rings is 1.